The first-order valence-electron chi connectivity index (χ1n) is 3.05. The maximum Gasteiger partial charge on any atom is 2.00 e. The zero-order valence-corrected chi connectivity index (χ0v) is 13.5. The maximum atomic E-state index is 4.56. The second kappa shape index (κ2) is 14.3. The zero-order chi connectivity index (χ0) is 10.3. The molecule has 87 valence electrons. The van der Waals surface area contributed by atoms with Crippen LogP contribution in [0.25, 0.3) is 0 Å². The summed E-state index contributed by atoms with van der Waals surface area (Å²) in [6.45, 7) is 0. The van der Waals surface area contributed by atoms with E-state index in [0.29, 0.717) is 8.64 Å². The number of nitrogens with zero attached hydrogens (tertiary/aromatic N) is 2. The summed E-state index contributed by atoms with van der Waals surface area (Å²) in [6, 6.07) is 0. The zero-order valence-electron chi connectivity index (χ0n) is 8.18. The smallest absolute Gasteiger partial charge is 0.411 e. The molecule has 0 aromatic heterocycles. The van der Waals surface area contributed by atoms with Crippen LogP contribution in [0.5, 0.6) is 0 Å². The SMILES string of the molecule is CN(C)C(=S)[S-].CN(C)C(=S)[S-].[Cu+2].[Fe+2]. The van der Waals surface area contributed by atoms with Crippen molar-refractivity contribution in [2.24, 2.45) is 0 Å². The minimum atomic E-state index is 0. The molecule has 0 saturated heterocycles. The monoisotopic (exact) mass is 359 g/mol. The molecule has 2 nitrogen and oxygen atoms in total. The van der Waals surface area contributed by atoms with E-state index in [9.17, 15) is 0 Å². The van der Waals surface area contributed by atoms with E-state index in [1.807, 2.05) is 28.2 Å². The van der Waals surface area contributed by atoms with Crippen LogP contribution in [0.1, 0.15) is 0 Å². The maximum absolute atomic E-state index is 4.56. The van der Waals surface area contributed by atoms with Crippen molar-refractivity contribution in [2.75, 3.05) is 28.2 Å². The largest absolute Gasteiger partial charge is 2.00 e. The predicted octanol–water partition coefficient (Wildman–Crippen LogP) is 0.755. The van der Waals surface area contributed by atoms with Gasteiger partial charge in [0.25, 0.3) is 0 Å². The summed E-state index contributed by atoms with van der Waals surface area (Å²) >= 11 is 18.2. The van der Waals surface area contributed by atoms with Gasteiger partial charge in [0.2, 0.25) is 0 Å². The first-order valence-corrected chi connectivity index (χ1v) is 4.69. The Kier molecular flexibility index (Phi) is 24.9. The number of hydrogen-bond acceptors (Lipinski definition) is 4. The van der Waals surface area contributed by atoms with E-state index >= 15 is 0 Å². The molecule has 8 heteroatoms. The van der Waals surface area contributed by atoms with E-state index in [-0.39, 0.29) is 34.1 Å². The van der Waals surface area contributed by atoms with Crippen LogP contribution in [0, 0.1) is 0 Å². The molecule has 0 bridgehead atoms. The number of rotatable bonds is 0. The summed E-state index contributed by atoms with van der Waals surface area (Å²) in [6.07, 6.45) is 0. The topological polar surface area (TPSA) is 6.48 Å². The molecule has 0 atom stereocenters. The van der Waals surface area contributed by atoms with E-state index in [1.54, 1.807) is 9.80 Å². The van der Waals surface area contributed by atoms with Gasteiger partial charge in [-0.1, -0.05) is 8.64 Å². The fourth-order valence-corrected chi connectivity index (χ4v) is 0. The first-order chi connectivity index (χ1) is 5.29. The molecule has 0 amide bonds. The third kappa shape index (κ3) is 23.2. The number of thiocarbonyl (C=S) groups is 2. The van der Waals surface area contributed by atoms with Crippen LogP contribution in [0.15, 0.2) is 0 Å². The Bertz CT molecular complexity index is 148. The van der Waals surface area contributed by atoms with Gasteiger partial charge in [0, 0.05) is 28.2 Å². The van der Waals surface area contributed by atoms with Gasteiger partial charge in [-0.05, 0) is 0 Å². The van der Waals surface area contributed by atoms with Crippen LogP contribution in [-0.4, -0.2) is 46.6 Å². The summed E-state index contributed by atoms with van der Waals surface area (Å²) in [5.74, 6) is 0. The Morgan fingerprint density at radius 1 is 0.857 bits per heavy atom. The predicted molar refractivity (Wildman–Crippen MR) is 67.3 cm³/mol. The Morgan fingerprint density at radius 2 is 0.929 bits per heavy atom. The van der Waals surface area contributed by atoms with E-state index < -0.39 is 0 Å². The van der Waals surface area contributed by atoms with Crippen LogP contribution in [0.3, 0.4) is 0 Å². The Labute approximate surface area is 129 Å². The van der Waals surface area contributed by atoms with Crippen molar-refractivity contribution >= 4 is 58.3 Å². The van der Waals surface area contributed by atoms with Crippen LogP contribution in [-0.2, 0) is 59.4 Å². The van der Waals surface area contributed by atoms with Crippen molar-refractivity contribution in [3.8, 4) is 0 Å². The Hall–Kier alpha value is 1.26. The van der Waals surface area contributed by atoms with E-state index in [1.165, 1.54) is 0 Å². The molecule has 0 heterocycles. The fourth-order valence-electron chi connectivity index (χ4n) is 0. The number of hydrogen-bond donors (Lipinski definition) is 0. The minimum absolute atomic E-state index is 0. The second-order valence-electron chi connectivity index (χ2n) is 2.32. The third-order valence-electron chi connectivity index (χ3n) is 0.730. The molecule has 0 saturated carbocycles. The average Bonchev–Trinajstić information content (AvgIpc) is 1.88. The van der Waals surface area contributed by atoms with Gasteiger partial charge in [-0.15, -0.1) is 0 Å². The van der Waals surface area contributed by atoms with E-state index in [4.69, 9.17) is 0 Å². The Balaban J connectivity index is -0.0000000625. The van der Waals surface area contributed by atoms with Crippen molar-refractivity contribution in [2.45, 2.75) is 0 Å². The minimum Gasteiger partial charge on any atom is -0.411 e. The van der Waals surface area contributed by atoms with Gasteiger partial charge in [0.15, 0.2) is 0 Å². The molecular weight excluding hydrogens is 348 g/mol. The normalized spacial score (nSPS) is 6.57. The fraction of sp³-hybridized carbons (Fsp3) is 0.667. The van der Waals surface area contributed by atoms with Crippen LogP contribution in [0.2, 0.25) is 0 Å². The standard InChI is InChI=1S/2C3H7NS2.Cu.Fe/c2*1-4(2)3(5)6;;/h2*1-2H3,(H,5,6);;/q;;2*+2/p-2. The summed E-state index contributed by atoms with van der Waals surface area (Å²) in [5.41, 5.74) is 0. The van der Waals surface area contributed by atoms with Gasteiger partial charge in [-0.2, -0.15) is 0 Å². The molecular formula is C6H12CuFeN2S4+2. The summed E-state index contributed by atoms with van der Waals surface area (Å²) in [5, 5.41) is 0. The second-order valence-corrected chi connectivity index (χ2v) is 4.38. The van der Waals surface area contributed by atoms with Crippen molar-refractivity contribution in [1.29, 1.82) is 0 Å². The molecule has 0 aliphatic rings. The van der Waals surface area contributed by atoms with Crippen molar-refractivity contribution in [3.05, 3.63) is 0 Å². The summed E-state index contributed by atoms with van der Waals surface area (Å²) < 4.78 is 1.02. The molecule has 0 spiro atoms. The van der Waals surface area contributed by atoms with Crippen molar-refractivity contribution in [1.82, 2.24) is 9.80 Å². The molecule has 0 aromatic carbocycles. The van der Waals surface area contributed by atoms with Crippen LogP contribution in [0.4, 0.5) is 0 Å². The van der Waals surface area contributed by atoms with Gasteiger partial charge in [-0.3, -0.25) is 0 Å². The molecule has 0 rings (SSSR count). The van der Waals surface area contributed by atoms with Gasteiger partial charge in [0.1, 0.15) is 0 Å². The van der Waals surface area contributed by atoms with Gasteiger partial charge in [0.05, 0.1) is 0 Å². The molecule has 1 radical (unpaired) electrons. The summed E-state index contributed by atoms with van der Waals surface area (Å²) in [4.78, 5) is 3.43. The first kappa shape index (κ1) is 24.5. The van der Waals surface area contributed by atoms with E-state index in [0.717, 1.165) is 0 Å². The van der Waals surface area contributed by atoms with Crippen LogP contribution >= 0.6 is 24.4 Å². The molecule has 0 aliphatic carbocycles. The molecule has 14 heavy (non-hydrogen) atoms. The molecule has 0 aromatic rings. The van der Waals surface area contributed by atoms with Crippen molar-refractivity contribution < 1.29 is 34.1 Å². The van der Waals surface area contributed by atoms with Gasteiger partial charge < -0.3 is 59.5 Å². The van der Waals surface area contributed by atoms with E-state index in [2.05, 4.69) is 49.7 Å². The molecule has 0 fully saturated rings. The third-order valence-corrected chi connectivity index (χ3v) is 2.19. The van der Waals surface area contributed by atoms with Crippen molar-refractivity contribution in [3.63, 3.8) is 0 Å². The molecule has 0 N–H and O–H groups in total. The molecule has 0 aliphatic heterocycles. The molecule has 0 unspecified atom stereocenters. The average molecular weight is 360 g/mol. The van der Waals surface area contributed by atoms with Gasteiger partial charge in [-0.25, -0.2) is 0 Å². The van der Waals surface area contributed by atoms with Crippen LogP contribution < -0.4 is 0 Å². The summed E-state index contributed by atoms with van der Waals surface area (Å²) in [7, 11) is 7.31. The quantitative estimate of drug-likeness (QED) is 0.355. The van der Waals surface area contributed by atoms with Gasteiger partial charge >= 0.3 is 34.1 Å². The Morgan fingerprint density at radius 3 is 0.929 bits per heavy atom.